The smallest absolute Gasteiger partial charge is 0.259 e. The maximum Gasteiger partial charge on any atom is 0.259 e. The van der Waals surface area contributed by atoms with Gasteiger partial charge in [-0.25, -0.2) is 0 Å². The van der Waals surface area contributed by atoms with Crippen molar-refractivity contribution < 1.29 is 9.33 Å². The van der Waals surface area contributed by atoms with Crippen LogP contribution in [-0.2, 0) is 4.74 Å². The minimum absolute atomic E-state index is 0. The molecule has 12 heavy (non-hydrogen) atoms. The first-order valence-electron chi connectivity index (χ1n) is 3.85. The maximum absolute atomic E-state index is 5.00. The van der Waals surface area contributed by atoms with Crippen LogP contribution in [0.15, 0.2) is 11.6 Å². The molecule has 0 aromatic heterocycles. The molecule has 2 aliphatic heterocycles. The predicted octanol–water partition coefficient (Wildman–Crippen LogP) is 1.44. The van der Waals surface area contributed by atoms with Crippen molar-refractivity contribution in [1.82, 2.24) is 5.43 Å². The fraction of sp³-hybridized carbons (Fsp3) is 0.714. The summed E-state index contributed by atoms with van der Waals surface area (Å²) in [5.74, 6) is 0. The Morgan fingerprint density at radius 3 is 3.00 bits per heavy atom. The fourth-order valence-electron chi connectivity index (χ4n) is 1.38. The molecule has 0 aromatic carbocycles. The Balaban J connectivity index is 0.000000720. The Labute approximate surface area is 87.5 Å². The van der Waals surface area contributed by atoms with Gasteiger partial charge in [0.25, 0.3) is 5.50 Å². The van der Waals surface area contributed by atoms with Gasteiger partial charge in [-0.3, -0.25) is 0 Å². The van der Waals surface area contributed by atoms with Crippen molar-refractivity contribution in [3.05, 3.63) is 11.6 Å². The van der Waals surface area contributed by atoms with Gasteiger partial charge in [-0.1, -0.05) is 5.43 Å². The van der Waals surface area contributed by atoms with Gasteiger partial charge < -0.3 is 4.74 Å². The number of thioether (sulfide) groups is 1. The molecule has 5 heteroatoms. The number of nitrogens with one attached hydrogen (secondary N) is 1. The molecule has 70 valence electrons. The van der Waals surface area contributed by atoms with Crippen LogP contribution in [0.25, 0.3) is 0 Å². The summed E-state index contributed by atoms with van der Waals surface area (Å²) >= 11 is 1.87. The van der Waals surface area contributed by atoms with Crippen LogP contribution < -0.4 is 5.43 Å². The van der Waals surface area contributed by atoms with E-state index in [1.54, 1.807) is 7.11 Å². The molecule has 0 spiro atoms. The average molecular weight is 254 g/mol. The Morgan fingerprint density at radius 1 is 1.67 bits per heavy atom. The lowest BCUT2D eigenvalue weighted by atomic mass is 10.4. The van der Waals surface area contributed by atoms with Gasteiger partial charge in [0.15, 0.2) is 0 Å². The lowest BCUT2D eigenvalue weighted by molar-refractivity contribution is -0.774. The highest BCUT2D eigenvalue weighted by atomic mass is 79.9. The molecule has 1 N–H and O–H groups in total. The largest absolute Gasteiger partial charge is 0.384 e. The van der Waals surface area contributed by atoms with E-state index in [9.17, 15) is 0 Å². The van der Waals surface area contributed by atoms with E-state index >= 15 is 0 Å². The van der Waals surface area contributed by atoms with Crippen molar-refractivity contribution in [2.24, 2.45) is 0 Å². The van der Waals surface area contributed by atoms with E-state index in [0.29, 0.717) is 5.50 Å². The van der Waals surface area contributed by atoms with Crippen LogP contribution in [0.3, 0.4) is 0 Å². The van der Waals surface area contributed by atoms with Crippen molar-refractivity contribution >= 4 is 28.7 Å². The molecule has 0 aromatic rings. The van der Waals surface area contributed by atoms with Gasteiger partial charge in [0, 0.05) is 18.9 Å². The van der Waals surface area contributed by atoms with Crippen LogP contribution >= 0.6 is 28.7 Å². The van der Waals surface area contributed by atoms with Crippen LogP contribution in [0.5, 0.6) is 0 Å². The summed E-state index contributed by atoms with van der Waals surface area (Å²) in [5, 5.41) is 2.17. The standard InChI is InChI=1S/C7H13N2OS.BrH/c1-10-5-2-3-9-4-6-11-7(9)8-9;/h4,6-8H,2-3,5H2,1H3;1H/q+1;. The molecule has 1 fully saturated rings. The number of rotatable bonds is 4. The van der Waals surface area contributed by atoms with Crippen molar-refractivity contribution in [3.63, 3.8) is 0 Å². The van der Waals surface area contributed by atoms with Crippen LogP contribution in [0.1, 0.15) is 6.42 Å². The summed E-state index contributed by atoms with van der Waals surface area (Å²) < 4.78 is 5.98. The van der Waals surface area contributed by atoms with Crippen LogP contribution in [0.2, 0.25) is 0 Å². The summed E-state index contributed by atoms with van der Waals surface area (Å²) in [5.41, 5.74) is 4.02. The normalized spacial score (nSPS) is 35.9. The maximum atomic E-state index is 5.00. The molecule has 0 amide bonds. The highest BCUT2D eigenvalue weighted by Crippen LogP contribution is 2.40. The van der Waals surface area contributed by atoms with E-state index in [2.05, 4.69) is 17.0 Å². The van der Waals surface area contributed by atoms with Gasteiger partial charge in [-0.05, 0) is 11.8 Å². The minimum Gasteiger partial charge on any atom is -0.384 e. The molecular weight excluding hydrogens is 240 g/mol. The Kier molecular flexibility index (Phi) is 3.60. The zero-order valence-corrected chi connectivity index (χ0v) is 9.55. The van der Waals surface area contributed by atoms with Crippen molar-refractivity contribution in [3.8, 4) is 0 Å². The topological polar surface area (TPSA) is 31.2 Å². The number of ether oxygens (including phenoxy) is 1. The molecule has 2 unspecified atom stereocenters. The van der Waals surface area contributed by atoms with E-state index in [0.717, 1.165) is 24.2 Å². The van der Waals surface area contributed by atoms with Gasteiger partial charge in [0.1, 0.15) is 12.7 Å². The number of fused-ring (bicyclic) bond motifs is 1. The number of hydrogen-bond acceptors (Lipinski definition) is 3. The van der Waals surface area contributed by atoms with E-state index in [-0.39, 0.29) is 17.0 Å². The summed E-state index contributed by atoms with van der Waals surface area (Å²) in [7, 11) is 1.75. The van der Waals surface area contributed by atoms with Crippen LogP contribution in [-0.4, -0.2) is 30.4 Å². The molecule has 1 saturated heterocycles. The molecule has 2 rings (SSSR count). The highest BCUT2D eigenvalue weighted by molar-refractivity contribution is 8.93. The van der Waals surface area contributed by atoms with E-state index in [4.69, 9.17) is 4.74 Å². The van der Waals surface area contributed by atoms with Crippen molar-refractivity contribution in [2.75, 3.05) is 20.3 Å². The first-order chi connectivity index (χ1) is 5.37. The quantitative estimate of drug-likeness (QED) is 0.468. The van der Waals surface area contributed by atoms with Crippen LogP contribution in [0, 0.1) is 0 Å². The third-order valence-electron chi connectivity index (χ3n) is 2.11. The highest BCUT2D eigenvalue weighted by Gasteiger charge is 2.56. The predicted molar refractivity (Wildman–Crippen MR) is 55.6 cm³/mol. The lowest BCUT2D eigenvalue weighted by Gasteiger charge is -2.06. The molecule has 0 aliphatic carbocycles. The fourth-order valence-corrected chi connectivity index (χ4v) is 2.46. The summed E-state index contributed by atoms with van der Waals surface area (Å²) in [4.78, 5) is 0. The summed E-state index contributed by atoms with van der Waals surface area (Å²) in [6, 6.07) is 0. The van der Waals surface area contributed by atoms with Crippen molar-refractivity contribution in [1.29, 1.82) is 0 Å². The Morgan fingerprint density at radius 2 is 2.50 bits per heavy atom. The van der Waals surface area contributed by atoms with Gasteiger partial charge >= 0.3 is 0 Å². The molecular formula is C7H14BrN2OS+. The average Bonchev–Trinajstić information content (AvgIpc) is 2.55. The van der Waals surface area contributed by atoms with E-state index in [1.807, 2.05) is 11.8 Å². The second kappa shape index (κ2) is 4.11. The molecule has 2 aliphatic rings. The van der Waals surface area contributed by atoms with Gasteiger partial charge in [-0.2, -0.15) is 4.59 Å². The summed E-state index contributed by atoms with van der Waals surface area (Å²) in [6.45, 7) is 2.02. The summed E-state index contributed by atoms with van der Waals surface area (Å²) in [6.07, 6.45) is 3.36. The molecule has 3 nitrogen and oxygen atoms in total. The minimum atomic E-state index is 0. The number of hydrogen-bond donors (Lipinski definition) is 1. The zero-order chi connectivity index (χ0) is 7.73. The van der Waals surface area contributed by atoms with E-state index < -0.39 is 0 Å². The van der Waals surface area contributed by atoms with Crippen LogP contribution in [0.4, 0.5) is 0 Å². The van der Waals surface area contributed by atoms with E-state index in [1.165, 1.54) is 0 Å². The monoisotopic (exact) mass is 253 g/mol. The molecule has 0 bridgehead atoms. The zero-order valence-electron chi connectivity index (χ0n) is 7.03. The Hall–Kier alpha value is 0.450. The second-order valence-corrected chi connectivity index (χ2v) is 3.89. The number of quaternary nitrogens is 1. The first kappa shape index (κ1) is 10.5. The van der Waals surface area contributed by atoms with Gasteiger partial charge in [-0.15, -0.1) is 17.0 Å². The molecule has 2 heterocycles. The third-order valence-corrected chi connectivity index (χ3v) is 3.13. The second-order valence-electron chi connectivity index (χ2n) is 2.90. The Bertz CT molecular complexity index is 190. The lowest BCUT2D eigenvalue weighted by Crippen LogP contribution is -2.24. The molecule has 0 saturated carbocycles. The number of methoxy groups -OCH3 is 1. The number of halogens is 1. The van der Waals surface area contributed by atoms with Gasteiger partial charge in [0.2, 0.25) is 0 Å². The number of nitrogens with zero attached hydrogens (tertiary/aromatic N) is 1. The molecule has 0 radical (unpaired) electrons. The van der Waals surface area contributed by atoms with Crippen molar-refractivity contribution in [2.45, 2.75) is 11.9 Å². The first-order valence-corrected chi connectivity index (χ1v) is 4.79. The van der Waals surface area contributed by atoms with Gasteiger partial charge in [0.05, 0.1) is 6.61 Å². The molecule has 2 atom stereocenters. The SMILES string of the molecule is Br.COCCC[N+]12C=CSC1N2. The third kappa shape index (κ3) is 1.85.